The third-order valence-corrected chi connectivity index (χ3v) is 3.91. The van der Waals surface area contributed by atoms with E-state index in [4.69, 9.17) is 0 Å². The number of aryl methyl sites for hydroxylation is 1. The summed E-state index contributed by atoms with van der Waals surface area (Å²) in [4.78, 5) is 23.1. The molecule has 2 heterocycles. The number of rotatable bonds is 3. The van der Waals surface area contributed by atoms with E-state index in [1.807, 2.05) is 31.2 Å². The van der Waals surface area contributed by atoms with Gasteiger partial charge in [0.25, 0.3) is 0 Å². The molecule has 0 radical (unpaired) electrons. The first-order valence-electron chi connectivity index (χ1n) is 7.62. The van der Waals surface area contributed by atoms with Crippen LogP contribution in [0.2, 0.25) is 0 Å². The number of nitrogens with one attached hydrogen (secondary N) is 1. The predicted octanol–water partition coefficient (Wildman–Crippen LogP) is 2.64. The first-order chi connectivity index (χ1) is 10.7. The van der Waals surface area contributed by atoms with Crippen LogP contribution >= 0.6 is 0 Å². The van der Waals surface area contributed by atoms with Crippen molar-refractivity contribution in [3.05, 3.63) is 48.3 Å². The maximum absolute atomic E-state index is 12.5. The summed E-state index contributed by atoms with van der Waals surface area (Å²) in [5.74, 6) is 0.750. The summed E-state index contributed by atoms with van der Waals surface area (Å²) in [6, 6.07) is 9.68. The second-order valence-electron chi connectivity index (χ2n) is 5.69. The zero-order chi connectivity index (χ0) is 15.4. The number of anilines is 2. The van der Waals surface area contributed by atoms with Crippen molar-refractivity contribution >= 4 is 17.5 Å². The zero-order valence-electron chi connectivity index (χ0n) is 12.7. The molecule has 3 rings (SSSR count). The minimum Gasteiger partial charge on any atom is -0.340 e. The lowest BCUT2D eigenvalue weighted by atomic mass is 9.97. The van der Waals surface area contributed by atoms with E-state index in [2.05, 4.69) is 20.2 Å². The standard InChI is InChI=1S/C17H20N4O/c1-13-5-2-7-15(11-13)20-16(22)14-6-3-10-21(12-14)17-18-8-4-9-19-17/h2,4-5,7-9,11,14H,3,6,10,12H2,1H3,(H,20,22). The molecule has 114 valence electrons. The Morgan fingerprint density at radius 2 is 2.09 bits per heavy atom. The lowest BCUT2D eigenvalue weighted by Crippen LogP contribution is -2.41. The molecule has 5 nitrogen and oxygen atoms in total. The molecule has 1 atom stereocenters. The van der Waals surface area contributed by atoms with Gasteiger partial charge in [-0.25, -0.2) is 9.97 Å². The Morgan fingerprint density at radius 3 is 2.86 bits per heavy atom. The van der Waals surface area contributed by atoms with Crippen LogP contribution in [0.3, 0.4) is 0 Å². The minimum absolute atomic E-state index is 0.0296. The van der Waals surface area contributed by atoms with Gasteiger partial charge in [0, 0.05) is 31.2 Å². The van der Waals surface area contributed by atoms with Crippen molar-refractivity contribution in [2.45, 2.75) is 19.8 Å². The second kappa shape index (κ2) is 6.56. The first-order valence-corrected chi connectivity index (χ1v) is 7.62. The van der Waals surface area contributed by atoms with Crippen LogP contribution in [0.1, 0.15) is 18.4 Å². The molecule has 0 saturated carbocycles. The number of hydrogen-bond donors (Lipinski definition) is 1. The van der Waals surface area contributed by atoms with Crippen LogP contribution in [-0.4, -0.2) is 29.0 Å². The van der Waals surface area contributed by atoms with E-state index in [9.17, 15) is 4.79 Å². The molecular formula is C17H20N4O. The zero-order valence-corrected chi connectivity index (χ0v) is 12.7. The van der Waals surface area contributed by atoms with Gasteiger partial charge in [0.05, 0.1) is 5.92 Å². The first kappa shape index (κ1) is 14.5. The number of carbonyl (C=O) groups excluding carboxylic acids is 1. The van der Waals surface area contributed by atoms with Crippen LogP contribution in [0.5, 0.6) is 0 Å². The van der Waals surface area contributed by atoms with E-state index in [-0.39, 0.29) is 11.8 Å². The van der Waals surface area contributed by atoms with Crippen molar-refractivity contribution in [2.75, 3.05) is 23.3 Å². The summed E-state index contributed by atoms with van der Waals surface area (Å²) < 4.78 is 0. The monoisotopic (exact) mass is 296 g/mol. The second-order valence-corrected chi connectivity index (χ2v) is 5.69. The van der Waals surface area contributed by atoms with Crippen molar-refractivity contribution in [3.63, 3.8) is 0 Å². The predicted molar refractivity (Wildman–Crippen MR) is 86.8 cm³/mol. The van der Waals surface area contributed by atoms with Gasteiger partial charge >= 0.3 is 0 Å². The molecule has 1 saturated heterocycles. The van der Waals surface area contributed by atoms with E-state index in [1.54, 1.807) is 18.5 Å². The van der Waals surface area contributed by atoms with Gasteiger partial charge in [-0.1, -0.05) is 12.1 Å². The van der Waals surface area contributed by atoms with E-state index >= 15 is 0 Å². The van der Waals surface area contributed by atoms with Gasteiger partial charge in [0.1, 0.15) is 0 Å². The van der Waals surface area contributed by atoms with Crippen LogP contribution in [0, 0.1) is 12.8 Å². The van der Waals surface area contributed by atoms with Gasteiger partial charge in [-0.05, 0) is 43.5 Å². The summed E-state index contributed by atoms with van der Waals surface area (Å²) >= 11 is 0. The Kier molecular flexibility index (Phi) is 4.32. The quantitative estimate of drug-likeness (QED) is 0.946. The minimum atomic E-state index is -0.0296. The van der Waals surface area contributed by atoms with Gasteiger partial charge < -0.3 is 10.2 Å². The van der Waals surface area contributed by atoms with Crippen molar-refractivity contribution in [2.24, 2.45) is 5.92 Å². The summed E-state index contributed by atoms with van der Waals surface area (Å²) in [6.07, 6.45) is 5.35. The van der Waals surface area contributed by atoms with Crippen LogP contribution in [0.15, 0.2) is 42.7 Å². The lowest BCUT2D eigenvalue weighted by Gasteiger charge is -2.31. The third-order valence-electron chi connectivity index (χ3n) is 3.91. The normalized spacial score (nSPS) is 18.0. The van der Waals surface area contributed by atoms with Crippen molar-refractivity contribution in [1.29, 1.82) is 0 Å². The molecular weight excluding hydrogens is 276 g/mol. The highest BCUT2D eigenvalue weighted by Crippen LogP contribution is 2.21. The summed E-state index contributed by atoms with van der Waals surface area (Å²) in [7, 11) is 0. The molecule has 1 unspecified atom stereocenters. The molecule has 1 aliphatic heterocycles. The molecule has 1 fully saturated rings. The molecule has 0 spiro atoms. The van der Waals surface area contributed by atoms with Crippen LogP contribution < -0.4 is 10.2 Å². The molecule has 1 N–H and O–H groups in total. The molecule has 22 heavy (non-hydrogen) atoms. The van der Waals surface area contributed by atoms with E-state index in [0.29, 0.717) is 12.5 Å². The van der Waals surface area contributed by atoms with Crippen LogP contribution in [-0.2, 0) is 4.79 Å². The third kappa shape index (κ3) is 3.42. The molecule has 2 aromatic rings. The van der Waals surface area contributed by atoms with Gasteiger partial charge in [-0.15, -0.1) is 0 Å². The fourth-order valence-corrected chi connectivity index (χ4v) is 2.79. The number of hydrogen-bond acceptors (Lipinski definition) is 4. The molecule has 1 aromatic carbocycles. The highest BCUT2D eigenvalue weighted by atomic mass is 16.1. The van der Waals surface area contributed by atoms with E-state index < -0.39 is 0 Å². The van der Waals surface area contributed by atoms with Crippen LogP contribution in [0.25, 0.3) is 0 Å². The maximum atomic E-state index is 12.5. The fourth-order valence-electron chi connectivity index (χ4n) is 2.79. The molecule has 1 amide bonds. The number of piperidine rings is 1. The fraction of sp³-hybridized carbons (Fsp3) is 0.353. The molecule has 1 aliphatic rings. The Balaban J connectivity index is 1.65. The van der Waals surface area contributed by atoms with Gasteiger partial charge in [-0.3, -0.25) is 4.79 Å². The van der Waals surface area contributed by atoms with E-state index in [1.165, 1.54) is 0 Å². The van der Waals surface area contributed by atoms with Gasteiger partial charge in [0.2, 0.25) is 11.9 Å². The van der Waals surface area contributed by atoms with Crippen molar-refractivity contribution in [1.82, 2.24) is 9.97 Å². The smallest absolute Gasteiger partial charge is 0.229 e. The average molecular weight is 296 g/mol. The number of nitrogens with zero attached hydrogens (tertiary/aromatic N) is 3. The lowest BCUT2D eigenvalue weighted by molar-refractivity contribution is -0.120. The Labute approximate surface area is 130 Å². The summed E-state index contributed by atoms with van der Waals surface area (Å²) in [5, 5.41) is 3.02. The van der Waals surface area contributed by atoms with Gasteiger partial charge in [-0.2, -0.15) is 0 Å². The van der Waals surface area contributed by atoms with Crippen LogP contribution in [0.4, 0.5) is 11.6 Å². The highest BCUT2D eigenvalue weighted by Gasteiger charge is 2.27. The summed E-state index contributed by atoms with van der Waals surface area (Å²) in [6.45, 7) is 3.59. The molecule has 0 bridgehead atoms. The maximum Gasteiger partial charge on any atom is 0.229 e. The van der Waals surface area contributed by atoms with E-state index in [0.717, 1.165) is 30.6 Å². The Bertz CT molecular complexity index is 644. The molecule has 1 aromatic heterocycles. The number of benzene rings is 1. The SMILES string of the molecule is Cc1cccc(NC(=O)C2CCCN(c3ncccn3)C2)c1. The Hall–Kier alpha value is -2.43. The Morgan fingerprint density at radius 1 is 1.27 bits per heavy atom. The van der Waals surface area contributed by atoms with Crippen molar-refractivity contribution in [3.8, 4) is 0 Å². The number of carbonyl (C=O) groups is 1. The average Bonchev–Trinajstić information content (AvgIpc) is 2.56. The molecule has 5 heteroatoms. The molecule has 0 aliphatic carbocycles. The van der Waals surface area contributed by atoms with Gasteiger partial charge in [0.15, 0.2) is 0 Å². The van der Waals surface area contributed by atoms with Crippen molar-refractivity contribution < 1.29 is 4.79 Å². The summed E-state index contributed by atoms with van der Waals surface area (Å²) in [5.41, 5.74) is 2.00. The highest BCUT2D eigenvalue weighted by molar-refractivity contribution is 5.93. The topological polar surface area (TPSA) is 58.1 Å². The number of amides is 1. The number of aromatic nitrogens is 2. The largest absolute Gasteiger partial charge is 0.340 e.